The van der Waals surface area contributed by atoms with Gasteiger partial charge in [-0.15, -0.1) is 0 Å². The summed E-state index contributed by atoms with van der Waals surface area (Å²) in [7, 11) is -3.50. The molecule has 2 atom stereocenters. The summed E-state index contributed by atoms with van der Waals surface area (Å²) in [4.78, 5) is 0. The molecule has 1 aromatic rings. The van der Waals surface area contributed by atoms with Crippen molar-refractivity contribution in [2.24, 2.45) is 11.8 Å². The minimum atomic E-state index is -3.50. The van der Waals surface area contributed by atoms with Crippen molar-refractivity contribution in [1.29, 1.82) is 0 Å². The van der Waals surface area contributed by atoms with E-state index in [2.05, 4.69) is 26.1 Å². The molecule has 1 aliphatic heterocycles. The van der Waals surface area contributed by atoms with Crippen LogP contribution in [0, 0.1) is 11.8 Å². The number of nitrogens with zero attached hydrogens (tertiary/aromatic N) is 1. The van der Waals surface area contributed by atoms with Crippen molar-refractivity contribution < 1.29 is 12.8 Å². The van der Waals surface area contributed by atoms with Crippen LogP contribution in [0.25, 0.3) is 0 Å². The Kier molecular flexibility index (Phi) is 5.46. The van der Waals surface area contributed by atoms with Gasteiger partial charge in [-0.2, -0.15) is 4.31 Å². The van der Waals surface area contributed by atoms with Gasteiger partial charge >= 0.3 is 0 Å². The summed E-state index contributed by atoms with van der Waals surface area (Å²) in [5, 5.41) is 3.27. The van der Waals surface area contributed by atoms with E-state index in [9.17, 15) is 8.42 Å². The Morgan fingerprint density at radius 3 is 2.57 bits per heavy atom. The normalized spacial score (nSPS) is 24.3. The van der Waals surface area contributed by atoms with Crippen molar-refractivity contribution in [3.05, 3.63) is 17.9 Å². The second-order valence-electron chi connectivity index (χ2n) is 6.17. The van der Waals surface area contributed by atoms with Crippen LogP contribution >= 0.6 is 0 Å². The van der Waals surface area contributed by atoms with E-state index in [-0.39, 0.29) is 5.09 Å². The SMILES string of the molecule is CCCNCc1ccc(S(=O)(=O)N2CC(C)CC(C)C2)o1. The average Bonchev–Trinajstić information content (AvgIpc) is 2.87. The molecule has 0 aliphatic carbocycles. The highest BCUT2D eigenvalue weighted by Crippen LogP contribution is 2.27. The summed E-state index contributed by atoms with van der Waals surface area (Å²) in [5.74, 6) is 1.45. The molecule has 2 rings (SSSR count). The van der Waals surface area contributed by atoms with Crippen molar-refractivity contribution in [3.63, 3.8) is 0 Å². The second kappa shape index (κ2) is 6.94. The minimum Gasteiger partial charge on any atom is -0.447 e. The minimum absolute atomic E-state index is 0.0668. The number of rotatable bonds is 6. The van der Waals surface area contributed by atoms with Gasteiger partial charge < -0.3 is 9.73 Å². The van der Waals surface area contributed by atoms with Crippen LogP contribution in [0.1, 0.15) is 39.4 Å². The van der Waals surface area contributed by atoms with Crippen molar-refractivity contribution in [2.45, 2.75) is 45.2 Å². The third-order valence-corrected chi connectivity index (χ3v) is 5.50. The Labute approximate surface area is 127 Å². The van der Waals surface area contributed by atoms with Gasteiger partial charge in [-0.1, -0.05) is 20.8 Å². The van der Waals surface area contributed by atoms with Crippen molar-refractivity contribution in [3.8, 4) is 0 Å². The van der Waals surface area contributed by atoms with Crippen LogP contribution in [-0.2, 0) is 16.6 Å². The van der Waals surface area contributed by atoms with E-state index < -0.39 is 10.0 Å². The molecule has 1 aromatic heterocycles. The van der Waals surface area contributed by atoms with Gasteiger partial charge in [0, 0.05) is 13.1 Å². The van der Waals surface area contributed by atoms with E-state index in [0.717, 1.165) is 19.4 Å². The summed E-state index contributed by atoms with van der Waals surface area (Å²) in [5.41, 5.74) is 0. The fourth-order valence-corrected chi connectivity index (χ4v) is 4.52. The van der Waals surface area contributed by atoms with Gasteiger partial charge in [-0.25, -0.2) is 8.42 Å². The zero-order valence-electron chi connectivity index (χ0n) is 13.1. The number of hydrogen-bond donors (Lipinski definition) is 1. The Balaban J connectivity index is 2.08. The quantitative estimate of drug-likeness (QED) is 0.819. The highest BCUT2D eigenvalue weighted by Gasteiger charge is 2.33. The van der Waals surface area contributed by atoms with Gasteiger partial charge in [0.2, 0.25) is 5.09 Å². The van der Waals surface area contributed by atoms with Gasteiger partial charge in [0.1, 0.15) is 5.76 Å². The summed E-state index contributed by atoms with van der Waals surface area (Å²) in [6, 6.07) is 3.31. The number of sulfonamides is 1. The van der Waals surface area contributed by atoms with Crippen LogP contribution in [-0.4, -0.2) is 32.4 Å². The van der Waals surface area contributed by atoms with Gasteiger partial charge in [-0.3, -0.25) is 0 Å². The lowest BCUT2D eigenvalue weighted by Crippen LogP contribution is -2.42. The maximum atomic E-state index is 12.6. The Hall–Kier alpha value is -0.850. The van der Waals surface area contributed by atoms with E-state index in [1.807, 2.05) is 0 Å². The maximum absolute atomic E-state index is 12.6. The molecule has 2 heterocycles. The molecule has 0 spiro atoms. The largest absolute Gasteiger partial charge is 0.447 e. The van der Waals surface area contributed by atoms with Crippen LogP contribution < -0.4 is 5.32 Å². The first-order valence-electron chi connectivity index (χ1n) is 7.73. The molecule has 1 aliphatic rings. The lowest BCUT2D eigenvalue weighted by Gasteiger charge is -2.33. The molecule has 0 bridgehead atoms. The topological polar surface area (TPSA) is 62.6 Å². The maximum Gasteiger partial charge on any atom is 0.276 e. The fourth-order valence-electron chi connectivity index (χ4n) is 2.91. The summed E-state index contributed by atoms with van der Waals surface area (Å²) < 4.78 is 32.4. The summed E-state index contributed by atoms with van der Waals surface area (Å²) in [6.07, 6.45) is 2.12. The Morgan fingerprint density at radius 1 is 1.29 bits per heavy atom. The zero-order chi connectivity index (χ0) is 15.5. The molecule has 2 unspecified atom stereocenters. The van der Waals surface area contributed by atoms with Gasteiger partial charge in [0.05, 0.1) is 6.54 Å². The molecule has 0 aromatic carbocycles. The molecule has 1 fully saturated rings. The van der Waals surface area contributed by atoms with Crippen LogP contribution in [0.3, 0.4) is 0 Å². The molecular weight excluding hydrogens is 288 g/mol. The van der Waals surface area contributed by atoms with Crippen LogP contribution in [0.2, 0.25) is 0 Å². The van der Waals surface area contributed by atoms with Gasteiger partial charge in [0.25, 0.3) is 10.0 Å². The number of hydrogen-bond acceptors (Lipinski definition) is 4. The number of furan rings is 1. The molecule has 5 nitrogen and oxygen atoms in total. The third kappa shape index (κ3) is 4.08. The van der Waals surface area contributed by atoms with Crippen LogP contribution in [0.5, 0.6) is 0 Å². The molecule has 1 N–H and O–H groups in total. The molecule has 0 amide bonds. The predicted octanol–water partition coefficient (Wildman–Crippen LogP) is 2.45. The van der Waals surface area contributed by atoms with E-state index >= 15 is 0 Å². The Morgan fingerprint density at radius 2 is 1.95 bits per heavy atom. The summed E-state index contributed by atoms with van der Waals surface area (Å²) >= 11 is 0. The molecule has 0 saturated carbocycles. The smallest absolute Gasteiger partial charge is 0.276 e. The molecule has 120 valence electrons. The van der Waals surface area contributed by atoms with E-state index in [4.69, 9.17) is 4.42 Å². The molecule has 21 heavy (non-hydrogen) atoms. The predicted molar refractivity (Wildman–Crippen MR) is 82.4 cm³/mol. The van der Waals surface area contributed by atoms with Crippen LogP contribution in [0.4, 0.5) is 0 Å². The first kappa shape index (κ1) is 16.5. The van der Waals surface area contributed by atoms with E-state index in [1.54, 1.807) is 16.4 Å². The molecule has 6 heteroatoms. The van der Waals surface area contributed by atoms with Crippen molar-refractivity contribution >= 4 is 10.0 Å². The van der Waals surface area contributed by atoms with Crippen molar-refractivity contribution in [2.75, 3.05) is 19.6 Å². The first-order valence-corrected chi connectivity index (χ1v) is 9.17. The average molecular weight is 314 g/mol. The van der Waals surface area contributed by atoms with Crippen LogP contribution in [0.15, 0.2) is 21.6 Å². The standard InChI is InChI=1S/C15H26N2O3S/c1-4-7-16-9-14-5-6-15(20-14)21(18,19)17-10-12(2)8-13(3)11-17/h5-6,12-13,16H,4,7-11H2,1-3H3. The second-order valence-corrected chi connectivity index (χ2v) is 8.03. The van der Waals surface area contributed by atoms with E-state index in [1.165, 1.54) is 0 Å². The lowest BCUT2D eigenvalue weighted by molar-refractivity contribution is 0.218. The Bertz CT molecular complexity index is 543. The van der Waals surface area contributed by atoms with Crippen molar-refractivity contribution in [1.82, 2.24) is 9.62 Å². The molecule has 1 saturated heterocycles. The lowest BCUT2D eigenvalue weighted by atomic mass is 9.94. The van der Waals surface area contributed by atoms with E-state index in [0.29, 0.717) is 37.2 Å². The van der Waals surface area contributed by atoms with Gasteiger partial charge in [-0.05, 0) is 43.4 Å². The fraction of sp³-hybridized carbons (Fsp3) is 0.733. The highest BCUT2D eigenvalue weighted by molar-refractivity contribution is 7.89. The monoisotopic (exact) mass is 314 g/mol. The summed E-state index contributed by atoms with van der Waals surface area (Å²) in [6.45, 7) is 8.90. The zero-order valence-corrected chi connectivity index (χ0v) is 13.9. The molecule has 0 radical (unpaired) electrons. The molecular formula is C15H26N2O3S. The number of piperidine rings is 1. The highest BCUT2D eigenvalue weighted by atomic mass is 32.2. The third-order valence-electron chi connectivity index (χ3n) is 3.79. The van der Waals surface area contributed by atoms with Gasteiger partial charge in [0.15, 0.2) is 0 Å². The first-order chi connectivity index (χ1) is 9.93. The number of nitrogens with one attached hydrogen (secondary N) is 1.